The van der Waals surface area contributed by atoms with E-state index in [2.05, 4.69) is 31.9 Å². The van der Waals surface area contributed by atoms with Crippen LogP contribution < -0.4 is 16.0 Å². The monoisotopic (exact) mass is 431 g/mol. The van der Waals surface area contributed by atoms with Crippen molar-refractivity contribution in [1.82, 2.24) is 5.32 Å². The van der Waals surface area contributed by atoms with E-state index in [4.69, 9.17) is 4.74 Å². The number of benzene rings is 2. The lowest BCUT2D eigenvalue weighted by Crippen LogP contribution is -2.31. The number of nitrogens with one attached hydrogen (secondary N) is 3. The number of carbonyl (C=O) groups is 2. The molecule has 1 aliphatic rings. The van der Waals surface area contributed by atoms with Crippen molar-refractivity contribution in [2.45, 2.75) is 18.9 Å². The molecule has 142 valence electrons. The zero-order valence-corrected chi connectivity index (χ0v) is 16.4. The molecule has 7 heteroatoms. The predicted molar refractivity (Wildman–Crippen MR) is 109 cm³/mol. The van der Waals surface area contributed by atoms with Crippen molar-refractivity contribution in [3.05, 3.63) is 58.6 Å². The van der Waals surface area contributed by atoms with Gasteiger partial charge in [0.15, 0.2) is 0 Å². The maximum Gasteiger partial charge on any atom is 0.251 e. The fourth-order valence-electron chi connectivity index (χ4n) is 2.81. The van der Waals surface area contributed by atoms with Gasteiger partial charge < -0.3 is 20.7 Å². The summed E-state index contributed by atoms with van der Waals surface area (Å²) in [5.74, 6) is -0.357. The van der Waals surface area contributed by atoms with Gasteiger partial charge in [-0.15, -0.1) is 0 Å². The number of amides is 2. The first-order valence-corrected chi connectivity index (χ1v) is 9.68. The Morgan fingerprint density at radius 1 is 1.11 bits per heavy atom. The van der Waals surface area contributed by atoms with Gasteiger partial charge in [0.05, 0.1) is 12.6 Å². The Balaban J connectivity index is 1.49. The van der Waals surface area contributed by atoms with E-state index in [1.54, 1.807) is 24.3 Å². The number of carbonyl (C=O) groups excluding carboxylic acids is 2. The predicted octanol–water partition coefficient (Wildman–Crippen LogP) is 3.41. The first kappa shape index (κ1) is 19.4. The molecule has 6 nitrogen and oxygen atoms in total. The third kappa shape index (κ3) is 6.08. The van der Waals surface area contributed by atoms with Gasteiger partial charge >= 0.3 is 0 Å². The molecule has 1 aliphatic heterocycles. The van der Waals surface area contributed by atoms with E-state index in [0.717, 1.165) is 29.6 Å². The molecule has 2 aromatic carbocycles. The highest BCUT2D eigenvalue weighted by molar-refractivity contribution is 9.10. The molecule has 0 aromatic heterocycles. The van der Waals surface area contributed by atoms with Crippen LogP contribution in [0, 0.1) is 0 Å². The van der Waals surface area contributed by atoms with E-state index in [1.165, 1.54) is 0 Å². The number of hydrogen-bond donors (Lipinski definition) is 3. The maximum atomic E-state index is 12.3. The Hall–Kier alpha value is -2.38. The number of ether oxygens (including phenoxy) is 1. The van der Waals surface area contributed by atoms with Gasteiger partial charge in [0.25, 0.3) is 5.91 Å². The molecule has 1 heterocycles. The molecule has 1 atom stereocenters. The number of halogens is 1. The van der Waals surface area contributed by atoms with Gasteiger partial charge in [-0.05, 0) is 55.3 Å². The lowest BCUT2D eigenvalue weighted by atomic mass is 10.1. The Morgan fingerprint density at radius 2 is 1.93 bits per heavy atom. The molecular weight excluding hydrogens is 410 g/mol. The highest BCUT2D eigenvalue weighted by Gasteiger charge is 2.16. The third-order valence-electron chi connectivity index (χ3n) is 4.22. The molecule has 2 aromatic rings. The van der Waals surface area contributed by atoms with Crippen LogP contribution in [-0.2, 0) is 9.53 Å². The minimum atomic E-state index is -0.185. The van der Waals surface area contributed by atoms with Gasteiger partial charge in [-0.25, -0.2) is 0 Å². The zero-order valence-electron chi connectivity index (χ0n) is 14.8. The topological polar surface area (TPSA) is 79.5 Å². The smallest absolute Gasteiger partial charge is 0.251 e. The van der Waals surface area contributed by atoms with E-state index in [1.807, 2.05) is 24.3 Å². The molecule has 0 aliphatic carbocycles. The van der Waals surface area contributed by atoms with Crippen LogP contribution in [0.5, 0.6) is 0 Å². The highest BCUT2D eigenvalue weighted by Crippen LogP contribution is 2.15. The SMILES string of the molecule is O=C(CNc1ccc(Br)cc1)Nc1cccc(C(=O)NCC2CCCO2)c1. The minimum absolute atomic E-state index is 0.0986. The average molecular weight is 432 g/mol. The first-order valence-electron chi connectivity index (χ1n) is 8.89. The number of hydrogen-bond acceptors (Lipinski definition) is 4. The summed E-state index contributed by atoms with van der Waals surface area (Å²) >= 11 is 3.37. The average Bonchev–Trinajstić information content (AvgIpc) is 3.19. The summed E-state index contributed by atoms with van der Waals surface area (Å²) in [6, 6.07) is 14.5. The van der Waals surface area contributed by atoms with Crippen LogP contribution in [-0.4, -0.2) is 37.6 Å². The molecule has 0 radical (unpaired) electrons. The molecule has 3 N–H and O–H groups in total. The lowest BCUT2D eigenvalue weighted by molar-refractivity contribution is -0.114. The summed E-state index contributed by atoms with van der Waals surface area (Å²) in [7, 11) is 0. The molecule has 1 fully saturated rings. The van der Waals surface area contributed by atoms with Gasteiger partial charge in [-0.2, -0.15) is 0 Å². The van der Waals surface area contributed by atoms with E-state index >= 15 is 0 Å². The normalized spacial score (nSPS) is 16.0. The van der Waals surface area contributed by atoms with Crippen molar-refractivity contribution >= 4 is 39.1 Å². The van der Waals surface area contributed by atoms with Crippen LogP contribution in [0.25, 0.3) is 0 Å². The molecule has 27 heavy (non-hydrogen) atoms. The number of rotatable bonds is 7. The summed E-state index contributed by atoms with van der Waals surface area (Å²) in [4.78, 5) is 24.4. The van der Waals surface area contributed by atoms with E-state index in [0.29, 0.717) is 17.8 Å². The van der Waals surface area contributed by atoms with Crippen molar-refractivity contribution in [3.63, 3.8) is 0 Å². The molecule has 1 unspecified atom stereocenters. The fraction of sp³-hybridized carbons (Fsp3) is 0.300. The highest BCUT2D eigenvalue weighted by atomic mass is 79.9. The van der Waals surface area contributed by atoms with Crippen molar-refractivity contribution in [2.75, 3.05) is 30.3 Å². The van der Waals surface area contributed by atoms with Crippen molar-refractivity contribution in [3.8, 4) is 0 Å². The van der Waals surface area contributed by atoms with Crippen molar-refractivity contribution < 1.29 is 14.3 Å². The van der Waals surface area contributed by atoms with Gasteiger partial charge in [0.1, 0.15) is 0 Å². The van der Waals surface area contributed by atoms with Crippen LogP contribution in [0.4, 0.5) is 11.4 Å². The molecule has 1 saturated heterocycles. The van der Waals surface area contributed by atoms with Gasteiger partial charge in [-0.1, -0.05) is 22.0 Å². The Bertz CT molecular complexity index is 789. The molecule has 0 bridgehead atoms. The van der Waals surface area contributed by atoms with Crippen LogP contribution >= 0.6 is 15.9 Å². The van der Waals surface area contributed by atoms with Gasteiger partial charge in [-0.3, -0.25) is 9.59 Å². The van der Waals surface area contributed by atoms with Crippen molar-refractivity contribution in [2.24, 2.45) is 0 Å². The summed E-state index contributed by atoms with van der Waals surface area (Å²) in [5.41, 5.74) is 1.95. The van der Waals surface area contributed by atoms with Crippen LogP contribution in [0.3, 0.4) is 0 Å². The summed E-state index contributed by atoms with van der Waals surface area (Å²) in [5, 5.41) is 8.74. The second kappa shape index (κ2) is 9.53. The van der Waals surface area contributed by atoms with Crippen molar-refractivity contribution in [1.29, 1.82) is 0 Å². The Kier molecular flexibility index (Phi) is 6.84. The summed E-state index contributed by atoms with van der Waals surface area (Å²) in [6.45, 7) is 1.40. The largest absolute Gasteiger partial charge is 0.376 e. The van der Waals surface area contributed by atoms with Crippen LogP contribution in [0.1, 0.15) is 23.2 Å². The quantitative estimate of drug-likeness (QED) is 0.627. The molecule has 0 saturated carbocycles. The Morgan fingerprint density at radius 3 is 2.67 bits per heavy atom. The Labute approximate surface area is 166 Å². The second-order valence-corrected chi connectivity index (χ2v) is 7.25. The third-order valence-corrected chi connectivity index (χ3v) is 4.75. The van der Waals surface area contributed by atoms with Gasteiger partial charge in [0.2, 0.25) is 5.91 Å². The molecular formula is C20H22BrN3O3. The minimum Gasteiger partial charge on any atom is -0.376 e. The van der Waals surface area contributed by atoms with Crippen LogP contribution in [0.2, 0.25) is 0 Å². The second-order valence-electron chi connectivity index (χ2n) is 6.33. The first-order chi connectivity index (χ1) is 13.1. The van der Waals surface area contributed by atoms with Gasteiger partial charge in [0, 0.05) is 34.6 Å². The molecule has 0 spiro atoms. The zero-order chi connectivity index (χ0) is 19.1. The van der Waals surface area contributed by atoms with E-state index in [9.17, 15) is 9.59 Å². The lowest BCUT2D eigenvalue weighted by Gasteiger charge is -2.12. The molecule has 2 amide bonds. The number of anilines is 2. The van der Waals surface area contributed by atoms with E-state index in [-0.39, 0.29) is 24.5 Å². The van der Waals surface area contributed by atoms with E-state index < -0.39 is 0 Å². The summed E-state index contributed by atoms with van der Waals surface area (Å²) in [6.07, 6.45) is 2.11. The summed E-state index contributed by atoms with van der Waals surface area (Å²) < 4.78 is 6.48. The fourth-order valence-corrected chi connectivity index (χ4v) is 3.07. The molecule has 3 rings (SSSR count). The van der Waals surface area contributed by atoms with Crippen LogP contribution in [0.15, 0.2) is 53.0 Å². The maximum absolute atomic E-state index is 12.3. The standard InChI is InChI=1S/C20H22BrN3O3/c21-15-6-8-16(9-7-15)22-13-19(25)24-17-4-1-3-14(11-17)20(26)23-12-18-5-2-10-27-18/h1,3-4,6-9,11,18,22H,2,5,10,12-13H2,(H,23,26)(H,24,25).